The fourth-order valence-corrected chi connectivity index (χ4v) is 3.18. The number of hydrogen-bond donors (Lipinski definition) is 0. The molecule has 6 heteroatoms. The second-order valence-electron chi connectivity index (χ2n) is 6.33. The summed E-state index contributed by atoms with van der Waals surface area (Å²) in [6.07, 6.45) is 7.12. The first kappa shape index (κ1) is 14.5. The molecular formula is C17H21N3O3. The minimum Gasteiger partial charge on any atom is -0.464 e. The number of amides is 1. The lowest BCUT2D eigenvalue weighted by molar-refractivity contribution is -0.00896. The summed E-state index contributed by atoms with van der Waals surface area (Å²) in [4.78, 5) is 14.7. The number of ether oxygens (including phenoxy) is 1. The average molecular weight is 315 g/mol. The number of rotatable bonds is 3. The zero-order valence-electron chi connectivity index (χ0n) is 13.3. The zero-order valence-corrected chi connectivity index (χ0v) is 13.3. The number of carbonyl (C=O) groups is 1. The molecular weight excluding hydrogens is 294 g/mol. The highest BCUT2D eigenvalue weighted by Gasteiger charge is 2.32. The van der Waals surface area contributed by atoms with E-state index in [1.165, 1.54) is 6.42 Å². The van der Waals surface area contributed by atoms with Crippen LogP contribution in [0.1, 0.15) is 53.2 Å². The smallest absolute Gasteiger partial charge is 0.257 e. The van der Waals surface area contributed by atoms with E-state index in [4.69, 9.17) is 9.15 Å². The predicted octanol–water partition coefficient (Wildman–Crippen LogP) is 2.72. The molecule has 1 saturated carbocycles. The van der Waals surface area contributed by atoms with E-state index >= 15 is 0 Å². The summed E-state index contributed by atoms with van der Waals surface area (Å²) in [7, 11) is 0. The van der Waals surface area contributed by atoms with Crippen LogP contribution in [0.5, 0.6) is 0 Å². The Morgan fingerprint density at radius 3 is 2.91 bits per heavy atom. The minimum absolute atomic E-state index is 0.00192. The highest BCUT2D eigenvalue weighted by molar-refractivity contribution is 5.94. The van der Waals surface area contributed by atoms with E-state index in [1.54, 1.807) is 6.20 Å². The van der Waals surface area contributed by atoms with Crippen LogP contribution in [0.15, 0.2) is 28.9 Å². The minimum atomic E-state index is -0.169. The summed E-state index contributed by atoms with van der Waals surface area (Å²) < 4.78 is 13.2. The van der Waals surface area contributed by atoms with Crippen LogP contribution < -0.4 is 0 Å². The number of furan rings is 1. The second-order valence-corrected chi connectivity index (χ2v) is 6.33. The number of hydrogen-bond acceptors (Lipinski definition) is 4. The Balaban J connectivity index is 1.56. The molecule has 1 aliphatic heterocycles. The first-order valence-corrected chi connectivity index (χ1v) is 8.21. The molecule has 0 N–H and O–H groups in total. The first-order chi connectivity index (χ1) is 11.2. The third-order valence-corrected chi connectivity index (χ3v) is 4.78. The molecule has 2 aromatic heterocycles. The topological polar surface area (TPSA) is 60.5 Å². The standard InChI is InChI=1S/C17H21N3O3/c1-12-5-6-16(23-12)15-11-22-8-7-19(15)17(21)13-9-18-20(10-13)14-3-2-4-14/h5-6,9-10,14-15H,2-4,7-8,11H2,1H3. The van der Waals surface area contributed by atoms with Crippen molar-refractivity contribution in [2.45, 2.75) is 38.3 Å². The van der Waals surface area contributed by atoms with E-state index in [2.05, 4.69) is 5.10 Å². The van der Waals surface area contributed by atoms with Crippen LogP contribution in [-0.2, 0) is 4.74 Å². The second kappa shape index (κ2) is 5.85. The Morgan fingerprint density at radius 1 is 1.35 bits per heavy atom. The van der Waals surface area contributed by atoms with Gasteiger partial charge in [-0.1, -0.05) is 0 Å². The van der Waals surface area contributed by atoms with Crippen molar-refractivity contribution in [3.05, 3.63) is 41.6 Å². The van der Waals surface area contributed by atoms with Crippen molar-refractivity contribution in [1.29, 1.82) is 0 Å². The van der Waals surface area contributed by atoms with Gasteiger partial charge >= 0.3 is 0 Å². The summed E-state index contributed by atoms with van der Waals surface area (Å²) >= 11 is 0. The van der Waals surface area contributed by atoms with Gasteiger partial charge in [0.1, 0.15) is 17.6 Å². The van der Waals surface area contributed by atoms with Gasteiger partial charge in [0.05, 0.1) is 31.0 Å². The molecule has 2 fully saturated rings. The fraction of sp³-hybridized carbons (Fsp3) is 0.529. The molecule has 1 unspecified atom stereocenters. The molecule has 1 aliphatic carbocycles. The van der Waals surface area contributed by atoms with E-state index in [0.717, 1.165) is 24.4 Å². The molecule has 2 aromatic rings. The van der Waals surface area contributed by atoms with Crippen molar-refractivity contribution in [2.24, 2.45) is 0 Å². The molecule has 0 radical (unpaired) electrons. The lowest BCUT2D eigenvalue weighted by atomic mass is 9.93. The Bertz CT molecular complexity index is 702. The highest BCUT2D eigenvalue weighted by Crippen LogP contribution is 2.32. The molecule has 0 aromatic carbocycles. The molecule has 122 valence electrons. The normalized spacial score (nSPS) is 22.1. The van der Waals surface area contributed by atoms with Crippen LogP contribution in [0.4, 0.5) is 0 Å². The van der Waals surface area contributed by atoms with Gasteiger partial charge in [-0.2, -0.15) is 5.10 Å². The van der Waals surface area contributed by atoms with Gasteiger partial charge in [0.15, 0.2) is 0 Å². The average Bonchev–Trinajstić information content (AvgIpc) is 3.14. The molecule has 0 spiro atoms. The Morgan fingerprint density at radius 2 is 2.22 bits per heavy atom. The largest absolute Gasteiger partial charge is 0.464 e. The summed E-state index contributed by atoms with van der Waals surface area (Å²) in [5.41, 5.74) is 0.645. The summed E-state index contributed by atoms with van der Waals surface area (Å²) in [5.74, 6) is 1.62. The quantitative estimate of drug-likeness (QED) is 0.874. The third-order valence-electron chi connectivity index (χ3n) is 4.78. The van der Waals surface area contributed by atoms with Crippen molar-refractivity contribution in [3.63, 3.8) is 0 Å². The summed E-state index contributed by atoms with van der Waals surface area (Å²) in [6, 6.07) is 4.13. The van der Waals surface area contributed by atoms with Crippen LogP contribution in [0.2, 0.25) is 0 Å². The van der Waals surface area contributed by atoms with Crippen LogP contribution in [-0.4, -0.2) is 40.3 Å². The number of nitrogens with zero attached hydrogens (tertiary/aromatic N) is 3. The third kappa shape index (κ3) is 2.67. The van der Waals surface area contributed by atoms with Gasteiger partial charge < -0.3 is 14.1 Å². The predicted molar refractivity (Wildman–Crippen MR) is 83.2 cm³/mol. The van der Waals surface area contributed by atoms with Crippen LogP contribution >= 0.6 is 0 Å². The van der Waals surface area contributed by atoms with Crippen molar-refractivity contribution in [1.82, 2.24) is 14.7 Å². The molecule has 1 amide bonds. The Hall–Kier alpha value is -2.08. The van der Waals surface area contributed by atoms with Crippen molar-refractivity contribution in [2.75, 3.05) is 19.8 Å². The number of morpholine rings is 1. The van der Waals surface area contributed by atoms with Gasteiger partial charge in [-0.25, -0.2) is 0 Å². The van der Waals surface area contributed by atoms with Gasteiger partial charge in [-0.15, -0.1) is 0 Å². The lowest BCUT2D eigenvalue weighted by Crippen LogP contribution is -2.43. The van der Waals surface area contributed by atoms with Crippen LogP contribution in [0.25, 0.3) is 0 Å². The Kier molecular flexibility index (Phi) is 3.69. The van der Waals surface area contributed by atoms with E-state index in [0.29, 0.717) is 31.4 Å². The molecule has 2 aliphatic rings. The van der Waals surface area contributed by atoms with Crippen molar-refractivity contribution in [3.8, 4) is 0 Å². The van der Waals surface area contributed by atoms with Gasteiger partial charge in [-0.3, -0.25) is 9.48 Å². The van der Waals surface area contributed by atoms with E-state index < -0.39 is 0 Å². The van der Waals surface area contributed by atoms with Gasteiger partial charge in [0.25, 0.3) is 5.91 Å². The van der Waals surface area contributed by atoms with Crippen molar-refractivity contribution < 1.29 is 13.9 Å². The maximum atomic E-state index is 12.9. The van der Waals surface area contributed by atoms with Crippen LogP contribution in [0, 0.1) is 6.92 Å². The molecule has 23 heavy (non-hydrogen) atoms. The molecule has 1 atom stereocenters. The molecule has 1 saturated heterocycles. The van der Waals surface area contributed by atoms with E-state index in [9.17, 15) is 4.79 Å². The SMILES string of the molecule is Cc1ccc(C2COCCN2C(=O)c2cnn(C3CCC3)c2)o1. The molecule has 3 heterocycles. The zero-order chi connectivity index (χ0) is 15.8. The molecule has 0 bridgehead atoms. The molecule has 6 nitrogen and oxygen atoms in total. The number of carbonyl (C=O) groups excluding carboxylic acids is 1. The van der Waals surface area contributed by atoms with Crippen molar-refractivity contribution >= 4 is 5.91 Å². The van der Waals surface area contributed by atoms with Crippen LogP contribution in [0.3, 0.4) is 0 Å². The highest BCUT2D eigenvalue weighted by atomic mass is 16.5. The molecule has 4 rings (SSSR count). The monoisotopic (exact) mass is 315 g/mol. The van der Waals surface area contributed by atoms with Gasteiger partial charge in [0, 0.05) is 12.7 Å². The fourth-order valence-electron chi connectivity index (χ4n) is 3.18. The van der Waals surface area contributed by atoms with Gasteiger partial charge in [0.2, 0.25) is 0 Å². The number of aromatic nitrogens is 2. The lowest BCUT2D eigenvalue weighted by Gasteiger charge is -2.34. The van der Waals surface area contributed by atoms with E-state index in [-0.39, 0.29) is 11.9 Å². The van der Waals surface area contributed by atoms with Gasteiger partial charge in [-0.05, 0) is 38.3 Å². The number of aryl methyl sites for hydroxylation is 1. The maximum absolute atomic E-state index is 12.9. The Labute approximate surface area is 135 Å². The maximum Gasteiger partial charge on any atom is 0.257 e. The first-order valence-electron chi connectivity index (χ1n) is 8.21. The summed E-state index contributed by atoms with van der Waals surface area (Å²) in [6.45, 7) is 3.49. The van der Waals surface area contributed by atoms with E-state index in [1.807, 2.05) is 34.8 Å². The summed E-state index contributed by atoms with van der Waals surface area (Å²) in [5, 5.41) is 4.37.